The molecule has 4 heteroatoms. The van der Waals surface area contributed by atoms with Crippen LogP contribution in [0, 0.1) is 5.92 Å². The molecule has 0 radical (unpaired) electrons. The van der Waals surface area contributed by atoms with Crippen molar-refractivity contribution in [3.05, 3.63) is 29.8 Å². The second kappa shape index (κ2) is 6.89. The lowest BCUT2D eigenvalue weighted by molar-refractivity contribution is -0.00196. The topological polar surface area (TPSA) is 64.7 Å². The Kier molecular flexibility index (Phi) is 5.19. The number of benzene rings is 1. The zero-order valence-corrected chi connectivity index (χ0v) is 11.4. The Morgan fingerprint density at radius 2 is 2.16 bits per heavy atom. The SMILES string of the molecule is COc1cccc(C(CN)C(O)C2CCOCC2)c1. The fraction of sp³-hybridized carbons (Fsp3) is 0.600. The zero-order chi connectivity index (χ0) is 13.7. The van der Waals surface area contributed by atoms with Crippen LogP contribution < -0.4 is 10.5 Å². The van der Waals surface area contributed by atoms with Crippen molar-refractivity contribution < 1.29 is 14.6 Å². The fourth-order valence-electron chi connectivity index (χ4n) is 2.73. The average molecular weight is 265 g/mol. The molecule has 2 unspecified atom stereocenters. The van der Waals surface area contributed by atoms with Gasteiger partial charge in [0.05, 0.1) is 13.2 Å². The third-order valence-electron chi connectivity index (χ3n) is 3.94. The highest BCUT2D eigenvalue weighted by molar-refractivity contribution is 5.31. The van der Waals surface area contributed by atoms with Crippen LogP contribution in [-0.2, 0) is 4.74 Å². The van der Waals surface area contributed by atoms with E-state index in [9.17, 15) is 5.11 Å². The van der Waals surface area contributed by atoms with E-state index in [-0.39, 0.29) is 11.8 Å². The van der Waals surface area contributed by atoms with Gasteiger partial charge in [-0.3, -0.25) is 0 Å². The fourth-order valence-corrected chi connectivity index (χ4v) is 2.73. The molecule has 2 rings (SSSR count). The molecule has 0 aliphatic carbocycles. The van der Waals surface area contributed by atoms with Crippen molar-refractivity contribution in [2.45, 2.75) is 24.9 Å². The summed E-state index contributed by atoms with van der Waals surface area (Å²) in [4.78, 5) is 0. The lowest BCUT2D eigenvalue weighted by Crippen LogP contribution is -2.35. The first kappa shape index (κ1) is 14.3. The summed E-state index contributed by atoms with van der Waals surface area (Å²) < 4.78 is 10.6. The first-order chi connectivity index (χ1) is 9.26. The van der Waals surface area contributed by atoms with Crippen LogP contribution >= 0.6 is 0 Å². The highest BCUT2D eigenvalue weighted by Gasteiger charge is 2.29. The summed E-state index contributed by atoms with van der Waals surface area (Å²) in [5.41, 5.74) is 6.91. The molecule has 1 aromatic carbocycles. The molecular formula is C15H23NO3. The number of methoxy groups -OCH3 is 1. The maximum absolute atomic E-state index is 10.6. The summed E-state index contributed by atoms with van der Waals surface area (Å²) >= 11 is 0. The largest absolute Gasteiger partial charge is 0.497 e. The number of aliphatic hydroxyl groups excluding tert-OH is 1. The van der Waals surface area contributed by atoms with Gasteiger partial charge in [-0.2, -0.15) is 0 Å². The van der Waals surface area contributed by atoms with E-state index in [0.29, 0.717) is 6.54 Å². The van der Waals surface area contributed by atoms with Crippen molar-refractivity contribution in [1.29, 1.82) is 0 Å². The van der Waals surface area contributed by atoms with Crippen LogP contribution in [0.2, 0.25) is 0 Å². The van der Waals surface area contributed by atoms with Crippen LogP contribution in [0.25, 0.3) is 0 Å². The molecule has 4 nitrogen and oxygen atoms in total. The number of aliphatic hydroxyl groups is 1. The Balaban J connectivity index is 2.13. The Morgan fingerprint density at radius 3 is 2.79 bits per heavy atom. The van der Waals surface area contributed by atoms with Crippen LogP contribution in [0.5, 0.6) is 5.75 Å². The minimum Gasteiger partial charge on any atom is -0.497 e. The molecular weight excluding hydrogens is 242 g/mol. The maximum atomic E-state index is 10.6. The van der Waals surface area contributed by atoms with Crippen LogP contribution in [0.4, 0.5) is 0 Å². The number of rotatable bonds is 5. The van der Waals surface area contributed by atoms with Gasteiger partial charge in [-0.25, -0.2) is 0 Å². The van der Waals surface area contributed by atoms with E-state index in [1.807, 2.05) is 24.3 Å². The Hall–Kier alpha value is -1.10. The van der Waals surface area contributed by atoms with E-state index >= 15 is 0 Å². The van der Waals surface area contributed by atoms with Gasteiger partial charge >= 0.3 is 0 Å². The van der Waals surface area contributed by atoms with E-state index in [4.69, 9.17) is 15.2 Å². The molecule has 1 heterocycles. The molecule has 1 aliphatic rings. The van der Waals surface area contributed by atoms with E-state index in [1.54, 1.807) is 7.11 Å². The minimum absolute atomic E-state index is 0.0433. The molecule has 0 aromatic heterocycles. The first-order valence-electron chi connectivity index (χ1n) is 6.86. The minimum atomic E-state index is -0.416. The van der Waals surface area contributed by atoms with Crippen LogP contribution in [0.1, 0.15) is 24.3 Å². The molecule has 0 amide bonds. The number of nitrogens with two attached hydrogens (primary N) is 1. The second-order valence-corrected chi connectivity index (χ2v) is 5.06. The third kappa shape index (κ3) is 3.47. The third-order valence-corrected chi connectivity index (χ3v) is 3.94. The Bertz CT molecular complexity index is 391. The first-order valence-corrected chi connectivity index (χ1v) is 6.86. The van der Waals surface area contributed by atoms with Gasteiger partial charge in [0.25, 0.3) is 0 Å². The molecule has 1 aromatic rings. The van der Waals surface area contributed by atoms with Gasteiger partial charge in [-0.1, -0.05) is 12.1 Å². The summed E-state index contributed by atoms with van der Waals surface area (Å²) in [6.07, 6.45) is 1.39. The van der Waals surface area contributed by atoms with Gasteiger partial charge in [-0.15, -0.1) is 0 Å². The summed E-state index contributed by atoms with van der Waals surface area (Å²) in [6.45, 7) is 1.90. The van der Waals surface area contributed by atoms with Crippen molar-refractivity contribution >= 4 is 0 Å². The Labute approximate surface area is 114 Å². The molecule has 19 heavy (non-hydrogen) atoms. The van der Waals surface area contributed by atoms with Crippen molar-refractivity contribution in [3.8, 4) is 5.75 Å². The monoisotopic (exact) mass is 265 g/mol. The van der Waals surface area contributed by atoms with Gasteiger partial charge in [0.15, 0.2) is 0 Å². The summed E-state index contributed by atoms with van der Waals surface area (Å²) in [6, 6.07) is 7.80. The van der Waals surface area contributed by atoms with Gasteiger partial charge in [0.1, 0.15) is 5.75 Å². The molecule has 0 bridgehead atoms. The van der Waals surface area contributed by atoms with Gasteiger partial charge in [-0.05, 0) is 36.5 Å². The molecule has 1 fully saturated rings. The highest BCUT2D eigenvalue weighted by atomic mass is 16.5. The molecule has 2 atom stereocenters. The maximum Gasteiger partial charge on any atom is 0.119 e. The molecule has 0 spiro atoms. The second-order valence-electron chi connectivity index (χ2n) is 5.06. The van der Waals surface area contributed by atoms with Crippen LogP contribution in [0.15, 0.2) is 24.3 Å². The smallest absolute Gasteiger partial charge is 0.119 e. The lowest BCUT2D eigenvalue weighted by atomic mass is 9.82. The van der Waals surface area contributed by atoms with Crippen molar-refractivity contribution in [3.63, 3.8) is 0 Å². The molecule has 106 valence electrons. The number of hydrogen-bond donors (Lipinski definition) is 2. The predicted molar refractivity (Wildman–Crippen MR) is 74.3 cm³/mol. The standard InChI is InChI=1S/C15H23NO3/c1-18-13-4-2-3-12(9-13)14(10-16)15(17)11-5-7-19-8-6-11/h2-4,9,11,14-15,17H,5-8,10,16H2,1H3. The highest BCUT2D eigenvalue weighted by Crippen LogP contribution is 2.30. The summed E-state index contributed by atoms with van der Waals surface area (Å²) in [7, 11) is 1.64. The average Bonchev–Trinajstić information content (AvgIpc) is 2.49. The molecule has 1 aliphatic heterocycles. The number of ether oxygens (including phenoxy) is 2. The van der Waals surface area contributed by atoms with E-state index in [1.165, 1.54) is 0 Å². The van der Waals surface area contributed by atoms with Gasteiger partial charge < -0.3 is 20.3 Å². The van der Waals surface area contributed by atoms with E-state index in [0.717, 1.165) is 37.4 Å². The lowest BCUT2D eigenvalue weighted by Gasteiger charge is -2.32. The number of hydrogen-bond acceptors (Lipinski definition) is 4. The van der Waals surface area contributed by atoms with E-state index in [2.05, 4.69) is 0 Å². The normalized spacial score (nSPS) is 19.9. The Morgan fingerprint density at radius 1 is 1.42 bits per heavy atom. The summed E-state index contributed by atoms with van der Waals surface area (Å²) in [5, 5.41) is 10.6. The molecule has 1 saturated heterocycles. The predicted octanol–water partition coefficient (Wildman–Crippen LogP) is 1.52. The van der Waals surface area contributed by atoms with Crippen molar-refractivity contribution in [2.24, 2.45) is 11.7 Å². The van der Waals surface area contributed by atoms with E-state index < -0.39 is 6.10 Å². The molecule has 3 N–H and O–H groups in total. The summed E-state index contributed by atoms with van der Waals surface area (Å²) in [5.74, 6) is 1.03. The molecule has 0 saturated carbocycles. The van der Waals surface area contributed by atoms with Crippen LogP contribution in [-0.4, -0.2) is 38.1 Å². The van der Waals surface area contributed by atoms with Crippen molar-refractivity contribution in [1.82, 2.24) is 0 Å². The quantitative estimate of drug-likeness (QED) is 0.847. The van der Waals surface area contributed by atoms with Crippen molar-refractivity contribution in [2.75, 3.05) is 26.9 Å². The van der Waals surface area contributed by atoms with Gasteiger partial charge in [0.2, 0.25) is 0 Å². The van der Waals surface area contributed by atoms with Crippen LogP contribution in [0.3, 0.4) is 0 Å². The zero-order valence-electron chi connectivity index (χ0n) is 11.4. The van der Waals surface area contributed by atoms with Gasteiger partial charge in [0, 0.05) is 25.7 Å².